The second-order valence-electron chi connectivity index (χ2n) is 5.04. The van der Waals surface area contributed by atoms with E-state index in [1.165, 1.54) is 29.5 Å². The zero-order valence-corrected chi connectivity index (χ0v) is 14.0. The number of esters is 1. The molecule has 2 heterocycles. The van der Waals surface area contributed by atoms with Gasteiger partial charge in [-0.15, -0.1) is 11.3 Å². The highest BCUT2D eigenvalue weighted by Gasteiger charge is 2.07. The smallest absolute Gasteiger partial charge is 0.337 e. The lowest BCUT2D eigenvalue weighted by atomic mass is 10.1. The van der Waals surface area contributed by atoms with Crippen LogP contribution >= 0.6 is 11.3 Å². The normalized spacial score (nSPS) is 11.2. The highest BCUT2D eigenvalue weighted by Crippen LogP contribution is 2.20. The monoisotopic (exact) mass is 341 g/mol. The number of thiophene rings is 1. The minimum Gasteiger partial charge on any atom is -0.465 e. The lowest BCUT2D eigenvalue weighted by Crippen LogP contribution is -2.16. The molecule has 0 aliphatic carbocycles. The highest BCUT2D eigenvalue weighted by atomic mass is 32.1. The van der Waals surface area contributed by atoms with Crippen LogP contribution in [0.5, 0.6) is 0 Å². The molecule has 0 unspecified atom stereocenters. The number of ether oxygens (including phenoxy) is 1. The number of rotatable bonds is 4. The summed E-state index contributed by atoms with van der Waals surface area (Å²) < 4.78 is 5.86. The molecule has 122 valence electrons. The van der Waals surface area contributed by atoms with Gasteiger partial charge < -0.3 is 4.74 Å². The van der Waals surface area contributed by atoms with Crippen LogP contribution in [-0.4, -0.2) is 29.0 Å². The molecule has 0 amide bonds. The van der Waals surface area contributed by atoms with Crippen molar-refractivity contribution in [2.24, 2.45) is 5.10 Å². The summed E-state index contributed by atoms with van der Waals surface area (Å²) in [5.74, 6) is -0.395. The van der Waals surface area contributed by atoms with Gasteiger partial charge in [0.15, 0.2) is 0 Å². The van der Waals surface area contributed by atoms with Gasteiger partial charge in [-0.1, -0.05) is 19.1 Å². The van der Waals surface area contributed by atoms with Crippen LogP contribution in [0.15, 0.2) is 46.6 Å². The Kier molecular flexibility index (Phi) is 4.52. The molecule has 3 rings (SSSR count). The number of aromatic nitrogens is 2. The molecule has 7 heteroatoms. The number of benzene rings is 1. The number of methoxy groups -OCH3 is 1. The maximum atomic E-state index is 12.4. The number of aryl methyl sites for hydroxylation is 1. The summed E-state index contributed by atoms with van der Waals surface area (Å²) in [7, 11) is 1.33. The molecule has 24 heavy (non-hydrogen) atoms. The Bertz CT molecular complexity index is 971. The minimum atomic E-state index is -0.395. The summed E-state index contributed by atoms with van der Waals surface area (Å²) in [6.45, 7) is 2.04. The number of hydrogen-bond acceptors (Lipinski definition) is 6. The van der Waals surface area contributed by atoms with Gasteiger partial charge >= 0.3 is 5.97 Å². The molecular formula is C17H15N3O3S. The molecule has 0 N–H and O–H groups in total. The van der Waals surface area contributed by atoms with E-state index in [-0.39, 0.29) is 5.56 Å². The highest BCUT2D eigenvalue weighted by molar-refractivity contribution is 7.18. The van der Waals surface area contributed by atoms with E-state index in [9.17, 15) is 9.59 Å². The van der Waals surface area contributed by atoms with E-state index in [0.29, 0.717) is 10.9 Å². The molecule has 0 saturated heterocycles. The van der Waals surface area contributed by atoms with E-state index < -0.39 is 5.97 Å². The molecule has 0 fully saturated rings. The van der Waals surface area contributed by atoms with Crippen LogP contribution in [0.25, 0.3) is 10.2 Å². The van der Waals surface area contributed by atoms with Crippen molar-refractivity contribution in [1.82, 2.24) is 9.66 Å². The van der Waals surface area contributed by atoms with Crippen molar-refractivity contribution in [2.45, 2.75) is 13.3 Å². The van der Waals surface area contributed by atoms with Gasteiger partial charge in [-0.3, -0.25) is 4.79 Å². The number of carbonyl (C=O) groups excluding carboxylic acids is 1. The fraction of sp³-hybridized carbons (Fsp3) is 0.176. The molecule has 0 saturated carbocycles. The van der Waals surface area contributed by atoms with Gasteiger partial charge in [-0.05, 0) is 30.2 Å². The lowest BCUT2D eigenvalue weighted by molar-refractivity contribution is 0.0600. The average Bonchev–Trinajstić information content (AvgIpc) is 3.05. The summed E-state index contributed by atoms with van der Waals surface area (Å²) in [6, 6.07) is 8.61. The third kappa shape index (κ3) is 3.11. The van der Waals surface area contributed by atoms with Gasteiger partial charge in [0.05, 0.1) is 24.3 Å². The number of hydrogen-bond donors (Lipinski definition) is 0. The topological polar surface area (TPSA) is 73.5 Å². The van der Waals surface area contributed by atoms with Crippen LogP contribution in [0.4, 0.5) is 0 Å². The summed E-state index contributed by atoms with van der Waals surface area (Å²) in [5.41, 5.74) is 1.02. The molecule has 6 nitrogen and oxygen atoms in total. The zero-order chi connectivity index (χ0) is 17.1. The SMILES string of the molecule is CCc1cc2c(=O)n(/N=C\c3ccc(C(=O)OC)cc3)cnc2s1. The van der Waals surface area contributed by atoms with Crippen molar-refractivity contribution in [3.63, 3.8) is 0 Å². The van der Waals surface area contributed by atoms with Crippen LogP contribution in [0.2, 0.25) is 0 Å². The fourth-order valence-corrected chi connectivity index (χ4v) is 3.10. The zero-order valence-electron chi connectivity index (χ0n) is 13.2. The first kappa shape index (κ1) is 16.1. The van der Waals surface area contributed by atoms with Crippen LogP contribution in [-0.2, 0) is 11.2 Å². The van der Waals surface area contributed by atoms with Crippen LogP contribution in [0, 0.1) is 0 Å². The van der Waals surface area contributed by atoms with E-state index in [1.54, 1.807) is 30.5 Å². The molecule has 0 radical (unpaired) electrons. The molecule has 0 atom stereocenters. The first-order valence-electron chi connectivity index (χ1n) is 7.35. The van der Waals surface area contributed by atoms with Gasteiger partial charge in [-0.2, -0.15) is 9.78 Å². The van der Waals surface area contributed by atoms with Crippen molar-refractivity contribution in [3.8, 4) is 0 Å². The fourth-order valence-electron chi connectivity index (χ4n) is 2.17. The summed E-state index contributed by atoms with van der Waals surface area (Å²) in [4.78, 5) is 29.9. The van der Waals surface area contributed by atoms with Crippen molar-refractivity contribution >= 4 is 33.7 Å². The van der Waals surface area contributed by atoms with Gasteiger partial charge in [0, 0.05) is 4.88 Å². The van der Waals surface area contributed by atoms with Gasteiger partial charge in [0.2, 0.25) is 0 Å². The molecule has 3 aromatic rings. The Morgan fingerprint density at radius 3 is 2.79 bits per heavy atom. The maximum Gasteiger partial charge on any atom is 0.337 e. The molecule has 0 aliphatic rings. The van der Waals surface area contributed by atoms with E-state index in [1.807, 2.05) is 13.0 Å². The molecular weight excluding hydrogens is 326 g/mol. The summed E-state index contributed by atoms with van der Waals surface area (Å²) in [5, 5.41) is 4.74. The quantitative estimate of drug-likeness (QED) is 0.540. The Morgan fingerprint density at radius 1 is 1.38 bits per heavy atom. The Morgan fingerprint density at radius 2 is 2.12 bits per heavy atom. The van der Waals surface area contributed by atoms with Crippen LogP contribution in [0.1, 0.15) is 27.7 Å². The summed E-state index contributed by atoms with van der Waals surface area (Å²) >= 11 is 1.52. The van der Waals surface area contributed by atoms with Crippen molar-refractivity contribution < 1.29 is 9.53 Å². The van der Waals surface area contributed by atoms with Crippen molar-refractivity contribution in [2.75, 3.05) is 7.11 Å². The first-order chi connectivity index (χ1) is 11.6. The third-order valence-corrected chi connectivity index (χ3v) is 4.69. The van der Waals surface area contributed by atoms with Crippen molar-refractivity contribution in [3.05, 3.63) is 63.0 Å². The molecule has 0 spiro atoms. The Labute approximate surface area is 142 Å². The minimum absolute atomic E-state index is 0.196. The first-order valence-corrected chi connectivity index (χ1v) is 8.17. The average molecular weight is 341 g/mol. The van der Waals surface area contributed by atoms with E-state index in [4.69, 9.17) is 0 Å². The molecule has 0 aliphatic heterocycles. The standard InChI is InChI=1S/C17H15N3O3S/c1-3-13-8-14-15(24-13)18-10-20(16(14)21)19-9-11-4-6-12(7-5-11)17(22)23-2/h4-10H,3H2,1-2H3/b19-9-. The third-order valence-electron chi connectivity index (χ3n) is 3.50. The molecule has 2 aromatic heterocycles. The largest absolute Gasteiger partial charge is 0.465 e. The lowest BCUT2D eigenvalue weighted by Gasteiger charge is -2.00. The molecule has 0 bridgehead atoms. The Balaban J connectivity index is 1.89. The van der Waals surface area contributed by atoms with Crippen LogP contribution < -0.4 is 5.56 Å². The predicted molar refractivity (Wildman–Crippen MR) is 94.0 cm³/mol. The van der Waals surface area contributed by atoms with Crippen molar-refractivity contribution in [1.29, 1.82) is 0 Å². The molecule has 1 aromatic carbocycles. The Hall–Kier alpha value is -2.80. The summed E-state index contributed by atoms with van der Waals surface area (Å²) in [6.07, 6.45) is 3.83. The van der Waals surface area contributed by atoms with Crippen LogP contribution in [0.3, 0.4) is 0 Å². The van der Waals surface area contributed by atoms with E-state index >= 15 is 0 Å². The number of carbonyl (C=O) groups is 1. The second-order valence-corrected chi connectivity index (χ2v) is 6.15. The second kappa shape index (κ2) is 6.76. The van der Waals surface area contributed by atoms with Gasteiger partial charge in [-0.25, -0.2) is 9.78 Å². The maximum absolute atomic E-state index is 12.4. The van der Waals surface area contributed by atoms with Gasteiger partial charge in [0.1, 0.15) is 11.2 Å². The number of nitrogens with zero attached hydrogens (tertiary/aromatic N) is 3. The number of fused-ring (bicyclic) bond motifs is 1. The van der Waals surface area contributed by atoms with E-state index in [2.05, 4.69) is 14.8 Å². The van der Waals surface area contributed by atoms with E-state index in [0.717, 1.165) is 21.7 Å². The predicted octanol–water partition coefficient (Wildman–Crippen LogP) is 2.69. The van der Waals surface area contributed by atoms with Gasteiger partial charge in [0.25, 0.3) is 5.56 Å².